The van der Waals surface area contributed by atoms with Gasteiger partial charge in [-0.25, -0.2) is 4.57 Å². The SMILES string of the molecule is CC[n+]1c(N)c(C(=O)NCc2ccc(C)cc2)cc2c(=O)n3cccc(C)c3nc21. The zero-order valence-corrected chi connectivity index (χ0v) is 17.3. The van der Waals surface area contributed by atoms with Gasteiger partial charge in [-0.1, -0.05) is 40.9 Å². The van der Waals surface area contributed by atoms with Crippen molar-refractivity contribution in [1.82, 2.24) is 14.7 Å². The van der Waals surface area contributed by atoms with E-state index in [9.17, 15) is 9.59 Å². The Labute approximate surface area is 173 Å². The van der Waals surface area contributed by atoms with Crippen LogP contribution < -0.4 is 21.2 Å². The number of nitrogens with two attached hydrogens (primary N) is 1. The van der Waals surface area contributed by atoms with Crippen LogP contribution in [0.1, 0.15) is 34.0 Å². The molecule has 4 rings (SSSR count). The Morgan fingerprint density at radius 2 is 1.93 bits per heavy atom. The molecule has 0 radical (unpaired) electrons. The van der Waals surface area contributed by atoms with E-state index >= 15 is 0 Å². The van der Waals surface area contributed by atoms with E-state index in [1.807, 2.05) is 51.1 Å². The summed E-state index contributed by atoms with van der Waals surface area (Å²) in [5.41, 5.74) is 10.5. The summed E-state index contributed by atoms with van der Waals surface area (Å²) in [5, 5.41) is 3.25. The first-order valence-corrected chi connectivity index (χ1v) is 9.88. The lowest BCUT2D eigenvalue weighted by Crippen LogP contribution is -2.42. The van der Waals surface area contributed by atoms with E-state index in [-0.39, 0.29) is 22.8 Å². The predicted molar refractivity (Wildman–Crippen MR) is 116 cm³/mol. The maximum absolute atomic E-state index is 13.1. The molecule has 3 heterocycles. The van der Waals surface area contributed by atoms with Crippen LogP contribution >= 0.6 is 0 Å². The van der Waals surface area contributed by atoms with Gasteiger partial charge in [-0.15, -0.1) is 0 Å². The number of anilines is 1. The molecule has 152 valence electrons. The first-order chi connectivity index (χ1) is 14.4. The van der Waals surface area contributed by atoms with Gasteiger partial charge in [0.05, 0.1) is 6.54 Å². The normalized spacial score (nSPS) is 11.2. The molecule has 0 saturated heterocycles. The van der Waals surface area contributed by atoms with Gasteiger partial charge in [0.1, 0.15) is 10.9 Å². The topological polar surface area (TPSA) is 93.4 Å². The van der Waals surface area contributed by atoms with Crippen molar-refractivity contribution < 1.29 is 9.36 Å². The highest BCUT2D eigenvalue weighted by atomic mass is 16.1. The number of amides is 1. The Kier molecular flexibility index (Phi) is 4.95. The second-order valence-corrected chi connectivity index (χ2v) is 7.39. The van der Waals surface area contributed by atoms with Crippen LogP contribution in [0, 0.1) is 13.8 Å². The average Bonchev–Trinajstić information content (AvgIpc) is 2.74. The van der Waals surface area contributed by atoms with Crippen molar-refractivity contribution in [2.75, 3.05) is 5.73 Å². The minimum Gasteiger partial charge on any atom is -0.348 e. The number of nitrogen functional groups attached to an aromatic ring is 1. The molecule has 0 atom stereocenters. The highest BCUT2D eigenvalue weighted by molar-refractivity contribution is 6.00. The van der Waals surface area contributed by atoms with E-state index in [0.717, 1.165) is 16.7 Å². The van der Waals surface area contributed by atoms with Crippen LogP contribution in [0.25, 0.3) is 16.7 Å². The van der Waals surface area contributed by atoms with Crippen LogP contribution in [0.3, 0.4) is 0 Å². The fraction of sp³-hybridized carbons (Fsp3) is 0.217. The summed E-state index contributed by atoms with van der Waals surface area (Å²) in [7, 11) is 0. The highest BCUT2D eigenvalue weighted by Gasteiger charge is 2.23. The number of hydrogen-bond acceptors (Lipinski definition) is 4. The first-order valence-electron chi connectivity index (χ1n) is 9.88. The number of aromatic nitrogens is 3. The van der Waals surface area contributed by atoms with Gasteiger partial charge in [0.25, 0.3) is 17.1 Å². The minimum absolute atomic E-state index is 0.228. The summed E-state index contributed by atoms with van der Waals surface area (Å²) < 4.78 is 3.21. The Morgan fingerprint density at radius 3 is 2.63 bits per heavy atom. The third kappa shape index (κ3) is 3.28. The fourth-order valence-electron chi connectivity index (χ4n) is 3.60. The van der Waals surface area contributed by atoms with Crippen molar-refractivity contribution in [2.24, 2.45) is 0 Å². The van der Waals surface area contributed by atoms with Crippen molar-refractivity contribution in [3.05, 3.63) is 81.3 Å². The molecule has 0 fully saturated rings. The van der Waals surface area contributed by atoms with E-state index in [2.05, 4.69) is 10.3 Å². The molecule has 0 aliphatic carbocycles. The van der Waals surface area contributed by atoms with Crippen LogP contribution in [0.4, 0.5) is 5.82 Å². The number of nitrogens with one attached hydrogen (secondary N) is 1. The Hall–Kier alpha value is -3.74. The van der Waals surface area contributed by atoms with Crippen LogP contribution in [0.5, 0.6) is 0 Å². The number of carbonyl (C=O) groups excluding carboxylic acids is 1. The van der Waals surface area contributed by atoms with E-state index < -0.39 is 0 Å². The van der Waals surface area contributed by atoms with Gasteiger partial charge in [-0.3, -0.25) is 14.0 Å². The molecular weight excluding hydrogens is 378 g/mol. The molecule has 1 aromatic carbocycles. The maximum atomic E-state index is 13.1. The Bertz CT molecular complexity index is 1340. The van der Waals surface area contributed by atoms with E-state index in [0.29, 0.717) is 29.8 Å². The lowest BCUT2D eigenvalue weighted by Gasteiger charge is -2.11. The van der Waals surface area contributed by atoms with Crippen LogP contribution in [0.15, 0.2) is 53.5 Å². The molecule has 4 aromatic rings. The lowest BCUT2D eigenvalue weighted by molar-refractivity contribution is -0.655. The summed E-state index contributed by atoms with van der Waals surface area (Å²) in [6.07, 6.45) is 1.68. The van der Waals surface area contributed by atoms with Gasteiger partial charge in [0.2, 0.25) is 11.5 Å². The zero-order chi connectivity index (χ0) is 21.4. The summed E-state index contributed by atoms with van der Waals surface area (Å²) in [6, 6.07) is 13.2. The summed E-state index contributed by atoms with van der Waals surface area (Å²) in [4.78, 5) is 30.7. The van der Waals surface area contributed by atoms with Gasteiger partial charge >= 0.3 is 0 Å². The third-order valence-electron chi connectivity index (χ3n) is 5.31. The number of hydrogen-bond donors (Lipinski definition) is 2. The third-order valence-corrected chi connectivity index (χ3v) is 5.31. The molecule has 0 spiro atoms. The Balaban J connectivity index is 1.82. The smallest absolute Gasteiger partial charge is 0.278 e. The Morgan fingerprint density at radius 1 is 1.20 bits per heavy atom. The molecule has 3 aromatic heterocycles. The number of aryl methyl sites for hydroxylation is 3. The van der Waals surface area contributed by atoms with Gasteiger partial charge in [0.15, 0.2) is 0 Å². The molecule has 1 amide bonds. The number of pyridine rings is 2. The molecule has 7 nitrogen and oxygen atoms in total. The molecule has 30 heavy (non-hydrogen) atoms. The molecule has 7 heteroatoms. The summed E-state index contributed by atoms with van der Waals surface area (Å²) in [6.45, 7) is 6.68. The lowest BCUT2D eigenvalue weighted by atomic mass is 10.1. The number of rotatable bonds is 4. The van der Waals surface area contributed by atoms with Crippen molar-refractivity contribution in [1.29, 1.82) is 0 Å². The van der Waals surface area contributed by atoms with Crippen molar-refractivity contribution in [3.8, 4) is 0 Å². The van der Waals surface area contributed by atoms with Crippen LogP contribution in [-0.2, 0) is 13.1 Å². The first kappa shape index (κ1) is 19.6. The zero-order valence-electron chi connectivity index (χ0n) is 17.3. The largest absolute Gasteiger partial charge is 0.348 e. The maximum Gasteiger partial charge on any atom is 0.278 e. The summed E-state index contributed by atoms with van der Waals surface area (Å²) >= 11 is 0. The number of fused-ring (bicyclic) bond motifs is 2. The van der Waals surface area contributed by atoms with E-state index in [1.54, 1.807) is 22.9 Å². The standard InChI is InChI=1S/C23H23N5O2/c1-4-27-19(24)17(22(29)25-13-16-9-7-14(2)8-10-16)12-18-21(27)26-20-15(3)6-5-11-28(20)23(18)30/h5-12,24H,4,13H2,1-3H3,(H,25,29)/p+1. The quantitative estimate of drug-likeness (QED) is 0.405. The van der Waals surface area contributed by atoms with Gasteiger partial charge in [-0.05, 0) is 38.5 Å². The molecule has 0 bridgehead atoms. The molecular formula is C23H24N5O2+. The average molecular weight is 402 g/mol. The van der Waals surface area contributed by atoms with E-state index in [1.165, 1.54) is 4.40 Å². The van der Waals surface area contributed by atoms with Crippen molar-refractivity contribution >= 4 is 28.4 Å². The second kappa shape index (κ2) is 7.59. The number of benzene rings is 1. The monoisotopic (exact) mass is 402 g/mol. The molecule has 0 unspecified atom stereocenters. The van der Waals surface area contributed by atoms with Gasteiger partial charge in [0, 0.05) is 18.3 Å². The van der Waals surface area contributed by atoms with Crippen molar-refractivity contribution in [2.45, 2.75) is 33.9 Å². The number of carbonyl (C=O) groups is 1. The van der Waals surface area contributed by atoms with E-state index in [4.69, 9.17) is 5.73 Å². The van der Waals surface area contributed by atoms with Crippen LogP contribution in [-0.4, -0.2) is 15.3 Å². The van der Waals surface area contributed by atoms with Gasteiger partial charge < -0.3 is 11.1 Å². The molecule has 0 saturated carbocycles. The fourth-order valence-corrected chi connectivity index (χ4v) is 3.60. The second-order valence-electron chi connectivity index (χ2n) is 7.39. The highest BCUT2D eigenvalue weighted by Crippen LogP contribution is 2.16. The molecule has 0 aliphatic rings. The van der Waals surface area contributed by atoms with Crippen molar-refractivity contribution in [3.63, 3.8) is 0 Å². The molecule has 3 N–H and O–H groups in total. The molecule has 0 aliphatic heterocycles. The summed E-state index contributed by atoms with van der Waals surface area (Å²) in [5.74, 6) is -0.0397. The number of nitrogens with zero attached hydrogens (tertiary/aromatic N) is 3. The van der Waals surface area contributed by atoms with Crippen LogP contribution in [0.2, 0.25) is 0 Å². The van der Waals surface area contributed by atoms with Gasteiger partial charge in [-0.2, -0.15) is 0 Å². The minimum atomic E-state index is -0.328. The predicted octanol–water partition coefficient (Wildman–Crippen LogP) is 2.28.